The summed E-state index contributed by atoms with van der Waals surface area (Å²) in [5.41, 5.74) is 4.80. The summed E-state index contributed by atoms with van der Waals surface area (Å²) >= 11 is 0. The van der Waals surface area contributed by atoms with Crippen LogP contribution in [0.1, 0.15) is 22.5 Å². The third-order valence-corrected chi connectivity index (χ3v) is 5.83. The van der Waals surface area contributed by atoms with Gasteiger partial charge in [-0.1, -0.05) is 12.1 Å². The molecule has 29 heavy (non-hydrogen) atoms. The first-order valence-electron chi connectivity index (χ1n) is 9.10. The summed E-state index contributed by atoms with van der Waals surface area (Å²) in [5.74, 6) is 0.500. The van der Waals surface area contributed by atoms with Gasteiger partial charge in [0.15, 0.2) is 9.84 Å². The van der Waals surface area contributed by atoms with Crippen LogP contribution in [0.3, 0.4) is 0 Å². The van der Waals surface area contributed by atoms with E-state index in [1.165, 1.54) is 19.4 Å². The van der Waals surface area contributed by atoms with Crippen LogP contribution in [-0.4, -0.2) is 47.0 Å². The molecular weight excluding hydrogens is 390 g/mol. The van der Waals surface area contributed by atoms with E-state index in [1.54, 1.807) is 19.2 Å². The fourth-order valence-corrected chi connectivity index (χ4v) is 3.96. The Hall–Kier alpha value is -2.89. The van der Waals surface area contributed by atoms with Crippen LogP contribution in [0.2, 0.25) is 0 Å². The van der Waals surface area contributed by atoms with Gasteiger partial charge >= 0.3 is 0 Å². The van der Waals surface area contributed by atoms with Gasteiger partial charge in [0, 0.05) is 55.3 Å². The van der Waals surface area contributed by atoms with Crippen LogP contribution in [0.25, 0.3) is 5.57 Å². The lowest BCUT2D eigenvalue weighted by atomic mass is 10.0. The quantitative estimate of drug-likeness (QED) is 0.664. The number of anilines is 1. The van der Waals surface area contributed by atoms with Crippen molar-refractivity contribution in [2.75, 3.05) is 38.9 Å². The van der Waals surface area contributed by atoms with E-state index in [0.29, 0.717) is 37.3 Å². The second-order valence-electron chi connectivity index (χ2n) is 6.76. The number of nitrogens with zero attached hydrogens (tertiary/aromatic N) is 2. The number of nitrogens with one attached hydrogen (secondary N) is 1. The number of allylic oxidation sites excluding steroid dienone is 2. The highest BCUT2D eigenvalue weighted by Crippen LogP contribution is 2.34. The summed E-state index contributed by atoms with van der Waals surface area (Å²) in [7, 11) is -0.165. The number of pyridine rings is 1. The molecule has 0 fully saturated rings. The molecule has 2 aromatic rings. The van der Waals surface area contributed by atoms with Crippen molar-refractivity contribution in [2.24, 2.45) is 0 Å². The number of hydrogen-bond donors (Lipinski definition) is 1. The second kappa shape index (κ2) is 8.64. The Morgan fingerprint density at radius 1 is 1.28 bits per heavy atom. The number of hydrogen-bond acceptors (Lipinski definition) is 7. The van der Waals surface area contributed by atoms with Crippen molar-refractivity contribution in [1.82, 2.24) is 4.98 Å². The number of ether oxygens (including phenoxy) is 2. The molecule has 0 aliphatic heterocycles. The van der Waals surface area contributed by atoms with Crippen LogP contribution in [-0.2, 0) is 27.4 Å². The van der Waals surface area contributed by atoms with Crippen molar-refractivity contribution >= 4 is 21.1 Å². The van der Waals surface area contributed by atoms with E-state index >= 15 is 0 Å². The zero-order chi connectivity index (χ0) is 21.0. The number of aromatic nitrogens is 1. The first kappa shape index (κ1) is 20.8. The van der Waals surface area contributed by atoms with Gasteiger partial charge in [-0.15, -0.1) is 0 Å². The van der Waals surface area contributed by atoms with Crippen molar-refractivity contribution in [1.29, 1.82) is 5.26 Å². The normalized spacial score (nSPS) is 12.8. The van der Waals surface area contributed by atoms with Gasteiger partial charge < -0.3 is 14.8 Å². The average Bonchev–Trinajstić information content (AvgIpc) is 3.11. The zero-order valence-corrected chi connectivity index (χ0v) is 17.5. The van der Waals surface area contributed by atoms with Gasteiger partial charge in [-0.3, -0.25) is 4.98 Å². The van der Waals surface area contributed by atoms with E-state index in [1.807, 2.05) is 12.1 Å². The highest BCUT2D eigenvalue weighted by molar-refractivity contribution is 7.90. The maximum atomic E-state index is 11.8. The molecule has 0 atom stereocenters. The molecule has 0 amide bonds. The number of fused-ring (bicyclic) bond motifs is 1. The van der Waals surface area contributed by atoms with E-state index in [-0.39, 0.29) is 4.90 Å². The third-order valence-electron chi connectivity index (χ3n) is 4.72. The van der Waals surface area contributed by atoms with E-state index in [2.05, 4.69) is 11.4 Å². The monoisotopic (exact) mass is 413 g/mol. The Kier molecular flexibility index (Phi) is 6.20. The fourth-order valence-electron chi connectivity index (χ4n) is 3.32. The Bertz CT molecular complexity index is 1100. The molecule has 0 saturated carbocycles. The van der Waals surface area contributed by atoms with Crippen LogP contribution in [0, 0.1) is 11.3 Å². The molecule has 1 aliphatic rings. The van der Waals surface area contributed by atoms with Gasteiger partial charge in [0.05, 0.1) is 35.9 Å². The average molecular weight is 413 g/mol. The standard InChI is InChI=1S/C21H23N3O4S/c1-27-9-8-23-19-11-16(24-18-7-5-15(13-22)21(18)19)10-14-4-6-17(29(3,25)26)12-20(14)28-2/h4-6,11-12H,7-10H2,1-3H3,(H,23,24). The van der Waals surface area contributed by atoms with Crippen molar-refractivity contribution in [2.45, 2.75) is 17.7 Å². The van der Waals surface area contributed by atoms with Gasteiger partial charge in [0.25, 0.3) is 0 Å². The lowest BCUT2D eigenvalue weighted by molar-refractivity contribution is 0.211. The minimum Gasteiger partial charge on any atom is -0.496 e. The van der Waals surface area contributed by atoms with E-state index in [9.17, 15) is 13.7 Å². The molecule has 0 bridgehead atoms. The predicted octanol–water partition coefficient (Wildman–Crippen LogP) is 2.61. The molecule has 0 unspecified atom stereocenters. The predicted molar refractivity (Wildman–Crippen MR) is 111 cm³/mol. The highest BCUT2D eigenvalue weighted by Gasteiger charge is 2.21. The number of rotatable bonds is 8. The van der Waals surface area contributed by atoms with Crippen molar-refractivity contribution < 1.29 is 17.9 Å². The van der Waals surface area contributed by atoms with E-state index in [0.717, 1.165) is 28.2 Å². The first-order valence-corrected chi connectivity index (χ1v) is 11.0. The van der Waals surface area contributed by atoms with Gasteiger partial charge in [0.1, 0.15) is 5.75 Å². The SMILES string of the molecule is COCCNc1cc(Cc2ccc(S(C)(=O)=O)cc2OC)nc2c1C(C#N)=CC2. The Morgan fingerprint density at radius 2 is 2.07 bits per heavy atom. The lowest BCUT2D eigenvalue weighted by Crippen LogP contribution is -2.11. The van der Waals surface area contributed by atoms with Crippen LogP contribution in [0.15, 0.2) is 35.2 Å². The van der Waals surface area contributed by atoms with Crippen LogP contribution >= 0.6 is 0 Å². The Morgan fingerprint density at radius 3 is 2.72 bits per heavy atom. The molecule has 0 spiro atoms. The van der Waals surface area contributed by atoms with Gasteiger partial charge in [-0.25, -0.2) is 8.42 Å². The molecule has 3 rings (SSSR count). The fraction of sp³-hybridized carbons (Fsp3) is 0.333. The minimum absolute atomic E-state index is 0.213. The molecule has 1 N–H and O–H groups in total. The third kappa shape index (κ3) is 4.58. The number of benzene rings is 1. The second-order valence-corrected chi connectivity index (χ2v) is 8.77. The van der Waals surface area contributed by atoms with Crippen LogP contribution < -0.4 is 10.1 Å². The summed E-state index contributed by atoms with van der Waals surface area (Å²) in [6.45, 7) is 1.15. The molecule has 0 radical (unpaired) electrons. The number of sulfone groups is 1. The summed E-state index contributed by atoms with van der Waals surface area (Å²) in [6, 6.07) is 9.02. The maximum absolute atomic E-state index is 11.8. The molecule has 1 heterocycles. The first-order chi connectivity index (χ1) is 13.9. The van der Waals surface area contributed by atoms with Crippen molar-refractivity contribution in [3.05, 3.63) is 52.9 Å². The summed E-state index contributed by atoms with van der Waals surface area (Å²) in [5, 5.41) is 12.7. The zero-order valence-electron chi connectivity index (χ0n) is 16.7. The topological polar surface area (TPSA) is 101 Å². The number of methoxy groups -OCH3 is 2. The maximum Gasteiger partial charge on any atom is 0.175 e. The van der Waals surface area contributed by atoms with Crippen LogP contribution in [0.4, 0.5) is 5.69 Å². The van der Waals surface area contributed by atoms with Gasteiger partial charge in [-0.2, -0.15) is 5.26 Å². The van der Waals surface area contributed by atoms with Crippen molar-refractivity contribution in [3.8, 4) is 11.8 Å². The molecule has 1 aliphatic carbocycles. The van der Waals surface area contributed by atoms with E-state index in [4.69, 9.17) is 14.5 Å². The van der Waals surface area contributed by atoms with Gasteiger partial charge in [-0.05, 0) is 18.2 Å². The van der Waals surface area contributed by atoms with Gasteiger partial charge in [0.2, 0.25) is 0 Å². The summed E-state index contributed by atoms with van der Waals surface area (Å²) in [6.07, 6.45) is 4.13. The molecule has 8 heteroatoms. The highest BCUT2D eigenvalue weighted by atomic mass is 32.2. The lowest BCUT2D eigenvalue weighted by Gasteiger charge is -2.15. The molecule has 0 saturated heterocycles. The largest absolute Gasteiger partial charge is 0.496 e. The molecule has 7 nitrogen and oxygen atoms in total. The summed E-state index contributed by atoms with van der Waals surface area (Å²) in [4.78, 5) is 4.95. The number of nitriles is 1. The minimum atomic E-state index is -3.32. The smallest absolute Gasteiger partial charge is 0.175 e. The molecular formula is C21H23N3O4S. The molecule has 152 valence electrons. The molecule has 1 aromatic heterocycles. The van der Waals surface area contributed by atoms with E-state index < -0.39 is 9.84 Å². The Labute approximate surface area is 170 Å². The van der Waals surface area contributed by atoms with Crippen LogP contribution in [0.5, 0.6) is 5.75 Å². The van der Waals surface area contributed by atoms with Crippen molar-refractivity contribution in [3.63, 3.8) is 0 Å². The molecule has 1 aromatic carbocycles. The summed E-state index contributed by atoms with van der Waals surface area (Å²) < 4.78 is 34.1. The Balaban J connectivity index is 1.96.